The average molecular weight is 556 g/mol. The summed E-state index contributed by atoms with van der Waals surface area (Å²) >= 11 is 6.03. The number of hydrogen-bond donors (Lipinski definition) is 1. The summed E-state index contributed by atoms with van der Waals surface area (Å²) in [5.41, 5.74) is 2.77. The number of sulfonamides is 1. The average Bonchev–Trinajstić information content (AvgIpc) is 2.86. The maximum absolute atomic E-state index is 13.9. The van der Waals surface area contributed by atoms with Crippen LogP contribution in [0.1, 0.15) is 37.5 Å². The number of aryl methyl sites for hydroxylation is 2. The topological polar surface area (TPSA) is 86.8 Å². The fourth-order valence-corrected chi connectivity index (χ4v) is 5.57. The summed E-state index contributed by atoms with van der Waals surface area (Å²) in [5.74, 6) is -0.837. The Morgan fingerprint density at radius 2 is 1.50 bits per heavy atom. The number of halogens is 1. The first-order chi connectivity index (χ1) is 17.9. The molecule has 0 aliphatic heterocycles. The van der Waals surface area contributed by atoms with E-state index in [2.05, 4.69) is 5.32 Å². The van der Waals surface area contributed by atoms with Gasteiger partial charge >= 0.3 is 0 Å². The molecule has 0 bridgehead atoms. The van der Waals surface area contributed by atoms with Crippen molar-refractivity contribution in [1.29, 1.82) is 0 Å². The number of anilines is 1. The van der Waals surface area contributed by atoms with Gasteiger partial charge in [0.1, 0.15) is 12.6 Å². The summed E-state index contributed by atoms with van der Waals surface area (Å²) in [7, 11) is -4.10. The SMILES string of the molecule is Cc1ccc(S(=O)(=O)N(CC(=O)N(Cc2ccc(Cl)cc2)[C@@H](C)C(=O)NC(C)C)c2ccccc2C)cc1. The van der Waals surface area contributed by atoms with E-state index in [1.165, 1.54) is 17.0 Å². The highest BCUT2D eigenvalue weighted by atomic mass is 35.5. The van der Waals surface area contributed by atoms with Crippen LogP contribution in [0.4, 0.5) is 5.69 Å². The van der Waals surface area contributed by atoms with Gasteiger partial charge in [0.05, 0.1) is 10.6 Å². The van der Waals surface area contributed by atoms with Crippen LogP contribution < -0.4 is 9.62 Å². The Labute approximate surface area is 230 Å². The molecule has 3 aromatic carbocycles. The van der Waals surface area contributed by atoms with Crippen LogP contribution in [0.5, 0.6) is 0 Å². The molecule has 0 aromatic heterocycles. The Balaban J connectivity index is 2.04. The number of nitrogens with one attached hydrogen (secondary N) is 1. The molecule has 0 heterocycles. The lowest BCUT2D eigenvalue weighted by Gasteiger charge is -2.32. The van der Waals surface area contributed by atoms with Crippen molar-refractivity contribution in [2.45, 2.75) is 58.1 Å². The van der Waals surface area contributed by atoms with Gasteiger partial charge in [-0.2, -0.15) is 0 Å². The molecule has 2 amide bonds. The predicted octanol–water partition coefficient (Wildman–Crippen LogP) is 5.09. The number of benzene rings is 3. The molecule has 3 aromatic rings. The fourth-order valence-electron chi connectivity index (χ4n) is 3.97. The number of rotatable bonds is 10. The zero-order valence-electron chi connectivity index (χ0n) is 22.3. The molecule has 0 aliphatic carbocycles. The van der Waals surface area contributed by atoms with Crippen LogP contribution in [0.2, 0.25) is 5.02 Å². The van der Waals surface area contributed by atoms with E-state index in [9.17, 15) is 18.0 Å². The van der Waals surface area contributed by atoms with E-state index in [1.807, 2.05) is 26.8 Å². The number of nitrogens with zero attached hydrogens (tertiary/aromatic N) is 2. The second-order valence-electron chi connectivity index (χ2n) is 9.60. The lowest BCUT2D eigenvalue weighted by Crippen LogP contribution is -2.52. The summed E-state index contributed by atoms with van der Waals surface area (Å²) in [6, 6.07) is 19.5. The first-order valence-corrected chi connectivity index (χ1v) is 14.2. The summed E-state index contributed by atoms with van der Waals surface area (Å²) < 4.78 is 28.8. The molecule has 0 saturated heterocycles. The highest BCUT2D eigenvalue weighted by molar-refractivity contribution is 7.92. The van der Waals surface area contributed by atoms with Crippen LogP contribution in [0.15, 0.2) is 77.7 Å². The minimum Gasteiger partial charge on any atom is -0.352 e. The van der Waals surface area contributed by atoms with Gasteiger partial charge in [-0.1, -0.05) is 59.6 Å². The van der Waals surface area contributed by atoms with E-state index < -0.39 is 28.5 Å². The largest absolute Gasteiger partial charge is 0.352 e. The van der Waals surface area contributed by atoms with Gasteiger partial charge in [-0.3, -0.25) is 13.9 Å². The van der Waals surface area contributed by atoms with Crippen LogP contribution in [0.25, 0.3) is 0 Å². The molecule has 1 atom stereocenters. The minimum absolute atomic E-state index is 0.0778. The first-order valence-electron chi connectivity index (χ1n) is 12.4. The van der Waals surface area contributed by atoms with Crippen molar-refractivity contribution >= 4 is 39.1 Å². The van der Waals surface area contributed by atoms with E-state index in [0.29, 0.717) is 16.3 Å². The summed E-state index contributed by atoms with van der Waals surface area (Å²) in [6.45, 7) is 8.61. The van der Waals surface area contributed by atoms with Crippen LogP contribution >= 0.6 is 11.6 Å². The third-order valence-corrected chi connectivity index (χ3v) is 8.16. The molecule has 1 N–H and O–H groups in total. The summed E-state index contributed by atoms with van der Waals surface area (Å²) in [6.07, 6.45) is 0. The van der Waals surface area contributed by atoms with Crippen molar-refractivity contribution in [3.05, 3.63) is 94.5 Å². The molecule has 9 heteroatoms. The van der Waals surface area contributed by atoms with Crippen molar-refractivity contribution in [3.63, 3.8) is 0 Å². The van der Waals surface area contributed by atoms with E-state index >= 15 is 0 Å². The van der Waals surface area contributed by atoms with E-state index in [1.54, 1.807) is 68.4 Å². The lowest BCUT2D eigenvalue weighted by molar-refractivity contribution is -0.139. The maximum atomic E-state index is 13.9. The Morgan fingerprint density at radius 3 is 2.08 bits per heavy atom. The van der Waals surface area contributed by atoms with Gasteiger partial charge in [0.25, 0.3) is 10.0 Å². The molecule has 0 radical (unpaired) electrons. The van der Waals surface area contributed by atoms with Crippen molar-refractivity contribution in [1.82, 2.24) is 10.2 Å². The van der Waals surface area contributed by atoms with Crippen molar-refractivity contribution in [3.8, 4) is 0 Å². The Bertz CT molecular complexity index is 1370. The molecule has 7 nitrogen and oxygen atoms in total. The second-order valence-corrected chi connectivity index (χ2v) is 11.9. The molecule has 0 fully saturated rings. The number of hydrogen-bond acceptors (Lipinski definition) is 4. The molecular formula is C29H34ClN3O4S. The number of carbonyl (C=O) groups is 2. The molecule has 0 spiro atoms. The van der Waals surface area contributed by atoms with Gasteiger partial charge in [0, 0.05) is 17.6 Å². The van der Waals surface area contributed by atoms with Gasteiger partial charge < -0.3 is 10.2 Å². The monoisotopic (exact) mass is 555 g/mol. The zero-order chi connectivity index (χ0) is 28.0. The standard InChI is InChI=1S/C29H34ClN3O4S/c1-20(2)31-29(35)23(5)32(18-24-12-14-25(30)15-13-24)28(34)19-33(27-9-7-6-8-22(27)4)38(36,37)26-16-10-21(3)11-17-26/h6-17,20,23H,18-19H2,1-5H3,(H,31,35)/t23-/m0/s1. The Hall–Kier alpha value is -3.36. The molecule has 0 aliphatic rings. The fraction of sp³-hybridized carbons (Fsp3) is 0.310. The van der Waals surface area contributed by atoms with Crippen molar-refractivity contribution < 1.29 is 18.0 Å². The van der Waals surface area contributed by atoms with Gasteiger partial charge in [0.2, 0.25) is 11.8 Å². The molecule has 0 unspecified atom stereocenters. The van der Waals surface area contributed by atoms with Gasteiger partial charge in [0.15, 0.2) is 0 Å². The summed E-state index contributed by atoms with van der Waals surface area (Å²) in [4.78, 5) is 28.3. The van der Waals surface area contributed by atoms with Crippen molar-refractivity contribution in [2.75, 3.05) is 10.8 Å². The van der Waals surface area contributed by atoms with E-state index in [4.69, 9.17) is 11.6 Å². The second kappa shape index (κ2) is 12.5. The highest BCUT2D eigenvalue weighted by Crippen LogP contribution is 2.27. The maximum Gasteiger partial charge on any atom is 0.264 e. The minimum atomic E-state index is -4.10. The molecule has 38 heavy (non-hydrogen) atoms. The lowest BCUT2D eigenvalue weighted by atomic mass is 10.1. The third kappa shape index (κ3) is 7.14. The van der Waals surface area contributed by atoms with Crippen molar-refractivity contribution in [2.24, 2.45) is 0 Å². The highest BCUT2D eigenvalue weighted by Gasteiger charge is 2.33. The van der Waals surface area contributed by atoms with Gasteiger partial charge in [-0.25, -0.2) is 8.42 Å². The molecule has 0 saturated carbocycles. The van der Waals surface area contributed by atoms with Gasteiger partial charge in [-0.05, 0) is 76.1 Å². The third-order valence-electron chi connectivity index (χ3n) is 6.14. The molecule has 3 rings (SSSR count). The van der Waals surface area contributed by atoms with Crippen LogP contribution in [-0.2, 0) is 26.2 Å². The molecule has 202 valence electrons. The first kappa shape index (κ1) is 29.2. The Kier molecular flexibility index (Phi) is 9.57. The summed E-state index contributed by atoms with van der Waals surface area (Å²) in [5, 5.41) is 3.39. The van der Waals surface area contributed by atoms with Crippen LogP contribution in [0.3, 0.4) is 0 Å². The quantitative estimate of drug-likeness (QED) is 0.377. The van der Waals surface area contributed by atoms with Gasteiger partial charge in [-0.15, -0.1) is 0 Å². The normalized spacial score (nSPS) is 12.2. The Morgan fingerprint density at radius 1 is 0.895 bits per heavy atom. The van der Waals surface area contributed by atoms with E-state index in [-0.39, 0.29) is 23.4 Å². The molecular weight excluding hydrogens is 522 g/mol. The number of carbonyl (C=O) groups excluding carboxylic acids is 2. The van der Waals surface area contributed by atoms with Crippen LogP contribution in [0, 0.1) is 13.8 Å². The van der Waals surface area contributed by atoms with Crippen LogP contribution in [-0.4, -0.2) is 43.8 Å². The predicted molar refractivity (Wildman–Crippen MR) is 152 cm³/mol. The number of para-hydroxylation sites is 1. The van der Waals surface area contributed by atoms with E-state index in [0.717, 1.165) is 15.4 Å². The smallest absolute Gasteiger partial charge is 0.264 e. The number of amides is 2. The zero-order valence-corrected chi connectivity index (χ0v) is 23.9.